The monoisotopic (exact) mass is 708 g/mol. The maximum Gasteiger partial charge on any atom is 0.0361 e. The van der Waals surface area contributed by atoms with Crippen LogP contribution in [0.4, 0.5) is 0 Å². The molecule has 0 saturated carbocycles. The zero-order valence-electron chi connectivity index (χ0n) is 29.1. The first kappa shape index (κ1) is 30.6. The third-order valence-electron chi connectivity index (χ3n) is 11.1. The highest BCUT2D eigenvalue weighted by Gasteiger charge is 2.20. The van der Waals surface area contributed by atoms with Gasteiger partial charge in [-0.15, -0.1) is 11.3 Å². The molecule has 0 spiro atoms. The molecule has 2 heterocycles. The summed E-state index contributed by atoms with van der Waals surface area (Å²) in [5.41, 5.74) is 11.7. The Bertz CT molecular complexity index is 3120. The van der Waals surface area contributed by atoms with Gasteiger partial charge < -0.3 is 0 Å². The van der Waals surface area contributed by atoms with Gasteiger partial charge in [-0.1, -0.05) is 146 Å². The van der Waals surface area contributed by atoms with Crippen molar-refractivity contribution in [2.45, 2.75) is 6.92 Å². The van der Waals surface area contributed by atoms with Crippen LogP contribution in [0.1, 0.15) is 5.56 Å². The summed E-state index contributed by atoms with van der Waals surface area (Å²) in [7, 11) is 0. The maximum absolute atomic E-state index is 2.44. The average Bonchev–Trinajstić information content (AvgIpc) is 3.81. The highest BCUT2D eigenvalue weighted by atomic mass is 32.1. The lowest BCUT2D eigenvalue weighted by Crippen LogP contribution is -1.91. The van der Waals surface area contributed by atoms with Crippen molar-refractivity contribution in [3.63, 3.8) is 0 Å². The lowest BCUT2D eigenvalue weighted by atomic mass is 9.85. The lowest BCUT2D eigenvalue weighted by molar-refractivity contribution is 1.55. The predicted octanol–water partition coefficient (Wildman–Crippen LogP) is 15.7. The van der Waals surface area contributed by atoms with E-state index in [9.17, 15) is 0 Å². The summed E-state index contributed by atoms with van der Waals surface area (Å²) in [5.74, 6) is 0. The van der Waals surface area contributed by atoms with E-state index in [2.05, 4.69) is 181 Å². The second-order valence-electron chi connectivity index (χ2n) is 14.0. The van der Waals surface area contributed by atoms with Crippen molar-refractivity contribution in [2.75, 3.05) is 0 Å². The summed E-state index contributed by atoms with van der Waals surface area (Å²) in [6, 6.07) is 60.9. The molecule has 0 nitrogen and oxygen atoms in total. The van der Waals surface area contributed by atoms with Gasteiger partial charge >= 0.3 is 0 Å². The normalized spacial score (nSPS) is 11.9. The van der Waals surface area contributed by atoms with E-state index in [0.29, 0.717) is 0 Å². The van der Waals surface area contributed by atoms with Crippen LogP contribution in [0.3, 0.4) is 0 Å². The molecule has 53 heavy (non-hydrogen) atoms. The summed E-state index contributed by atoms with van der Waals surface area (Å²) < 4.78 is 2.63. The van der Waals surface area contributed by atoms with Gasteiger partial charge in [0.1, 0.15) is 0 Å². The third kappa shape index (κ3) is 4.66. The van der Waals surface area contributed by atoms with Gasteiger partial charge in [0.2, 0.25) is 0 Å². The molecule has 0 aliphatic heterocycles. The molecule has 11 aromatic rings. The first-order valence-electron chi connectivity index (χ1n) is 18.2. The molecule has 9 aromatic carbocycles. The van der Waals surface area contributed by atoms with Crippen LogP contribution in [-0.4, -0.2) is 0 Å². The molecule has 0 radical (unpaired) electrons. The van der Waals surface area contributed by atoms with Crippen molar-refractivity contribution in [2.24, 2.45) is 0 Å². The first-order chi connectivity index (χ1) is 26.2. The topological polar surface area (TPSA) is 0 Å². The number of hydrogen-bond donors (Lipinski definition) is 0. The number of hydrogen-bond acceptors (Lipinski definition) is 2. The Morgan fingerprint density at radius 3 is 1.28 bits per heavy atom. The third-order valence-corrected chi connectivity index (χ3v) is 13.1. The van der Waals surface area contributed by atoms with Crippen LogP contribution >= 0.6 is 22.7 Å². The second kappa shape index (κ2) is 12.0. The van der Waals surface area contributed by atoms with Gasteiger partial charge in [-0.2, -0.15) is 11.3 Å². The van der Waals surface area contributed by atoms with E-state index in [4.69, 9.17) is 0 Å². The fourth-order valence-electron chi connectivity index (χ4n) is 8.79. The van der Waals surface area contributed by atoms with E-state index in [1.165, 1.54) is 113 Å². The van der Waals surface area contributed by atoms with Gasteiger partial charge in [-0.25, -0.2) is 0 Å². The molecule has 0 saturated heterocycles. The summed E-state index contributed by atoms with van der Waals surface area (Å²) in [4.78, 5) is 0. The molecular weight excluding hydrogens is 677 g/mol. The van der Waals surface area contributed by atoms with Gasteiger partial charge in [0.15, 0.2) is 0 Å². The highest BCUT2D eigenvalue weighted by molar-refractivity contribution is 7.25. The Morgan fingerprint density at radius 2 is 0.774 bits per heavy atom. The fraction of sp³-hybridized carbons (Fsp3) is 0.0196. The van der Waals surface area contributed by atoms with Crippen molar-refractivity contribution in [1.82, 2.24) is 0 Å². The molecule has 11 rings (SSSR count). The van der Waals surface area contributed by atoms with Crippen LogP contribution < -0.4 is 0 Å². The molecule has 0 fully saturated rings. The summed E-state index contributed by atoms with van der Waals surface area (Å²) in [6.45, 7) is 2.23. The van der Waals surface area contributed by atoms with Crippen LogP contribution in [0.2, 0.25) is 0 Å². The Morgan fingerprint density at radius 1 is 0.321 bits per heavy atom. The predicted molar refractivity (Wildman–Crippen MR) is 234 cm³/mol. The molecule has 248 valence electrons. The standard InChI is InChI=1S/C51H32S2/c1-31-29-52-30-45(31)51-42-21-11-9-19-40(42)49(41-20-10-12-22-43(41)51)33-24-26-46-44(27-33)35-25-23-34(28-47(35)53-46)50-38-17-7-5-15-36(38)48(32-13-3-2-4-14-32)37-16-6-8-18-39(37)50/h2-30H,1H3. The van der Waals surface area contributed by atoms with Gasteiger partial charge in [0, 0.05) is 20.2 Å². The van der Waals surface area contributed by atoms with Crippen LogP contribution in [0.15, 0.2) is 175 Å². The zero-order valence-corrected chi connectivity index (χ0v) is 30.7. The first-order valence-corrected chi connectivity index (χ1v) is 19.9. The molecule has 0 aliphatic carbocycles. The van der Waals surface area contributed by atoms with Crippen molar-refractivity contribution >= 4 is 85.9 Å². The van der Waals surface area contributed by atoms with E-state index in [1.54, 1.807) is 11.3 Å². The summed E-state index contributed by atoms with van der Waals surface area (Å²) >= 11 is 3.68. The summed E-state index contributed by atoms with van der Waals surface area (Å²) in [5, 5.41) is 17.5. The Kier molecular flexibility index (Phi) is 6.92. The Balaban J connectivity index is 1.13. The number of thiophene rings is 2. The van der Waals surface area contributed by atoms with E-state index < -0.39 is 0 Å². The van der Waals surface area contributed by atoms with Gasteiger partial charge in [0.05, 0.1) is 0 Å². The van der Waals surface area contributed by atoms with Gasteiger partial charge in [0.25, 0.3) is 0 Å². The van der Waals surface area contributed by atoms with E-state index in [0.717, 1.165) is 0 Å². The van der Waals surface area contributed by atoms with Crippen molar-refractivity contribution in [1.29, 1.82) is 0 Å². The average molecular weight is 709 g/mol. The van der Waals surface area contributed by atoms with Crippen LogP contribution in [-0.2, 0) is 0 Å². The summed E-state index contributed by atoms with van der Waals surface area (Å²) in [6.07, 6.45) is 0. The molecule has 0 amide bonds. The number of rotatable bonds is 4. The van der Waals surface area contributed by atoms with Crippen LogP contribution in [0.5, 0.6) is 0 Å². The molecule has 0 aliphatic rings. The molecule has 0 atom stereocenters. The fourth-order valence-corrected chi connectivity index (χ4v) is 10.8. The molecule has 0 N–H and O–H groups in total. The minimum absolute atomic E-state index is 1.25. The number of aryl methyl sites for hydroxylation is 1. The van der Waals surface area contributed by atoms with Crippen molar-refractivity contribution in [3.05, 3.63) is 180 Å². The molecule has 0 bridgehead atoms. The quantitative estimate of drug-likeness (QED) is 0.160. The SMILES string of the molecule is Cc1cscc1-c1c2ccccc2c(-c2ccc3sc4cc(-c5c6ccccc6c(-c6ccccc6)c6ccccc56)ccc4c3c2)c2ccccc12. The van der Waals surface area contributed by atoms with Crippen molar-refractivity contribution < 1.29 is 0 Å². The van der Waals surface area contributed by atoms with Gasteiger partial charge in [-0.3, -0.25) is 0 Å². The van der Waals surface area contributed by atoms with Gasteiger partial charge in [-0.05, 0) is 129 Å². The van der Waals surface area contributed by atoms with E-state index in [1.807, 2.05) is 11.3 Å². The molecular formula is C51H32S2. The van der Waals surface area contributed by atoms with Crippen LogP contribution in [0, 0.1) is 6.92 Å². The molecule has 2 heteroatoms. The number of fused-ring (bicyclic) bond motifs is 7. The maximum atomic E-state index is 2.44. The molecule has 0 unspecified atom stereocenters. The van der Waals surface area contributed by atoms with E-state index in [-0.39, 0.29) is 0 Å². The number of benzene rings is 9. The Hall–Kier alpha value is -6.06. The molecule has 2 aromatic heterocycles. The van der Waals surface area contributed by atoms with Crippen molar-refractivity contribution in [3.8, 4) is 44.5 Å². The largest absolute Gasteiger partial charge is 0.151 e. The lowest BCUT2D eigenvalue weighted by Gasteiger charge is -2.18. The minimum Gasteiger partial charge on any atom is -0.151 e. The smallest absolute Gasteiger partial charge is 0.0361 e. The van der Waals surface area contributed by atoms with E-state index >= 15 is 0 Å². The van der Waals surface area contributed by atoms with Crippen LogP contribution in [0.25, 0.3) is 108 Å². The highest BCUT2D eigenvalue weighted by Crippen LogP contribution is 2.48. The Labute approximate surface area is 315 Å². The zero-order chi connectivity index (χ0) is 35.0. The second-order valence-corrected chi connectivity index (χ2v) is 15.9. The minimum atomic E-state index is 1.25.